The van der Waals surface area contributed by atoms with Crippen LogP contribution in [0.1, 0.15) is 18.5 Å². The van der Waals surface area contributed by atoms with E-state index < -0.39 is 0 Å². The van der Waals surface area contributed by atoms with Crippen LogP contribution >= 0.6 is 0 Å². The van der Waals surface area contributed by atoms with Crippen LogP contribution in [0.3, 0.4) is 0 Å². The summed E-state index contributed by atoms with van der Waals surface area (Å²) < 4.78 is 10.4. The molecule has 1 atom stereocenters. The van der Waals surface area contributed by atoms with Gasteiger partial charge in [0.15, 0.2) is 11.5 Å². The highest BCUT2D eigenvalue weighted by molar-refractivity contribution is 5.45. The molecule has 0 amide bonds. The van der Waals surface area contributed by atoms with Gasteiger partial charge in [-0.3, -0.25) is 4.99 Å². The third-order valence-electron chi connectivity index (χ3n) is 2.15. The maximum atomic E-state index is 5.25. The van der Waals surface area contributed by atoms with Crippen molar-refractivity contribution < 1.29 is 9.47 Å². The Labute approximate surface area is 77.0 Å². The molecule has 1 aromatic rings. The molecule has 0 aliphatic carbocycles. The van der Waals surface area contributed by atoms with Gasteiger partial charge >= 0.3 is 0 Å². The van der Waals surface area contributed by atoms with Crippen molar-refractivity contribution in [3.05, 3.63) is 23.8 Å². The van der Waals surface area contributed by atoms with Crippen LogP contribution < -0.4 is 9.47 Å². The Morgan fingerprint density at radius 1 is 1.38 bits per heavy atom. The van der Waals surface area contributed by atoms with Gasteiger partial charge in [0.1, 0.15) is 0 Å². The third-order valence-corrected chi connectivity index (χ3v) is 2.15. The molecule has 0 N–H and O–H groups in total. The van der Waals surface area contributed by atoms with E-state index >= 15 is 0 Å². The second-order valence-corrected chi connectivity index (χ2v) is 2.97. The highest BCUT2D eigenvalue weighted by Gasteiger charge is 2.14. The topological polar surface area (TPSA) is 30.8 Å². The van der Waals surface area contributed by atoms with Gasteiger partial charge in [0.05, 0.1) is 6.04 Å². The Morgan fingerprint density at radius 3 is 2.92 bits per heavy atom. The lowest BCUT2D eigenvalue weighted by Gasteiger charge is -2.05. The molecule has 0 fully saturated rings. The Bertz CT molecular complexity index is 336. The quantitative estimate of drug-likeness (QED) is 0.648. The molecule has 1 aliphatic rings. The molecule has 0 bridgehead atoms. The van der Waals surface area contributed by atoms with Crippen LogP contribution in [0.15, 0.2) is 23.2 Å². The lowest BCUT2D eigenvalue weighted by molar-refractivity contribution is 0.174. The zero-order chi connectivity index (χ0) is 9.26. The van der Waals surface area contributed by atoms with Crippen LogP contribution in [-0.4, -0.2) is 13.5 Å². The number of fused-ring (bicyclic) bond motifs is 1. The molecule has 1 unspecified atom stereocenters. The summed E-state index contributed by atoms with van der Waals surface area (Å²) in [5.41, 5.74) is 1.10. The van der Waals surface area contributed by atoms with E-state index in [1.54, 1.807) is 0 Å². The molecule has 1 aromatic carbocycles. The van der Waals surface area contributed by atoms with Crippen molar-refractivity contribution >= 4 is 6.72 Å². The monoisotopic (exact) mass is 177 g/mol. The average molecular weight is 177 g/mol. The van der Waals surface area contributed by atoms with Gasteiger partial charge in [-0.15, -0.1) is 0 Å². The average Bonchev–Trinajstić information content (AvgIpc) is 2.63. The zero-order valence-corrected chi connectivity index (χ0v) is 7.49. The smallest absolute Gasteiger partial charge is 0.231 e. The van der Waals surface area contributed by atoms with Crippen molar-refractivity contribution in [1.29, 1.82) is 0 Å². The summed E-state index contributed by atoms with van der Waals surface area (Å²) in [7, 11) is 0. The normalized spacial score (nSPS) is 15.5. The van der Waals surface area contributed by atoms with E-state index in [0.29, 0.717) is 6.79 Å². The van der Waals surface area contributed by atoms with Gasteiger partial charge in [0.25, 0.3) is 0 Å². The van der Waals surface area contributed by atoms with Crippen LogP contribution in [0.5, 0.6) is 11.5 Å². The highest BCUT2D eigenvalue weighted by atomic mass is 16.7. The number of ether oxygens (including phenoxy) is 2. The van der Waals surface area contributed by atoms with Crippen LogP contribution in [0.25, 0.3) is 0 Å². The third kappa shape index (κ3) is 1.37. The first kappa shape index (κ1) is 8.10. The molecule has 1 aliphatic heterocycles. The summed E-state index contributed by atoms with van der Waals surface area (Å²) in [4.78, 5) is 3.94. The first-order valence-electron chi connectivity index (χ1n) is 4.16. The second kappa shape index (κ2) is 3.09. The predicted octanol–water partition coefficient (Wildman–Crippen LogP) is 2.18. The van der Waals surface area contributed by atoms with E-state index in [2.05, 4.69) is 11.7 Å². The fourth-order valence-electron chi connectivity index (χ4n) is 1.28. The van der Waals surface area contributed by atoms with E-state index in [0.717, 1.165) is 17.1 Å². The molecule has 0 saturated heterocycles. The second-order valence-electron chi connectivity index (χ2n) is 2.97. The van der Waals surface area contributed by atoms with Gasteiger partial charge in [-0.25, -0.2) is 0 Å². The number of benzene rings is 1. The number of rotatable bonds is 2. The molecule has 68 valence electrons. The first-order valence-corrected chi connectivity index (χ1v) is 4.16. The number of hydrogen-bond acceptors (Lipinski definition) is 3. The largest absolute Gasteiger partial charge is 0.454 e. The first-order chi connectivity index (χ1) is 6.31. The number of hydrogen-bond donors (Lipinski definition) is 0. The molecule has 0 spiro atoms. The lowest BCUT2D eigenvalue weighted by atomic mass is 10.1. The maximum Gasteiger partial charge on any atom is 0.231 e. The van der Waals surface area contributed by atoms with Crippen molar-refractivity contribution in [2.24, 2.45) is 4.99 Å². The zero-order valence-electron chi connectivity index (χ0n) is 7.49. The summed E-state index contributed by atoms with van der Waals surface area (Å²) in [6.07, 6.45) is 0. The van der Waals surface area contributed by atoms with Crippen molar-refractivity contribution in [3.63, 3.8) is 0 Å². The Hall–Kier alpha value is -1.51. The van der Waals surface area contributed by atoms with Crippen LogP contribution in [0.2, 0.25) is 0 Å². The van der Waals surface area contributed by atoms with Crippen LogP contribution in [0.4, 0.5) is 0 Å². The predicted molar refractivity (Wildman–Crippen MR) is 50.5 cm³/mol. The SMILES string of the molecule is C=NC(C)c1ccc2c(c1)OCO2. The fraction of sp³-hybridized carbons (Fsp3) is 0.300. The van der Waals surface area contributed by atoms with Gasteiger partial charge in [-0.05, 0) is 31.3 Å². The minimum absolute atomic E-state index is 0.106. The van der Waals surface area contributed by atoms with Gasteiger partial charge < -0.3 is 9.47 Å². The number of nitrogens with zero attached hydrogens (tertiary/aromatic N) is 1. The maximum absolute atomic E-state index is 5.25. The van der Waals surface area contributed by atoms with Crippen molar-refractivity contribution in [3.8, 4) is 11.5 Å². The lowest BCUT2D eigenvalue weighted by Crippen LogP contribution is -1.93. The molecule has 13 heavy (non-hydrogen) atoms. The van der Waals surface area contributed by atoms with Crippen LogP contribution in [0, 0.1) is 0 Å². The van der Waals surface area contributed by atoms with E-state index in [-0.39, 0.29) is 6.04 Å². The Morgan fingerprint density at radius 2 is 2.15 bits per heavy atom. The Kier molecular flexibility index (Phi) is 1.93. The summed E-state index contributed by atoms with van der Waals surface area (Å²) in [6, 6.07) is 5.93. The molecular weight excluding hydrogens is 166 g/mol. The molecule has 0 saturated carbocycles. The summed E-state index contributed by atoms with van der Waals surface area (Å²) in [6.45, 7) is 5.81. The standard InChI is InChI=1S/C10H11NO2/c1-7(11-2)8-3-4-9-10(5-8)13-6-12-9/h3-5,7H,2,6H2,1H3. The van der Waals surface area contributed by atoms with E-state index in [1.807, 2.05) is 25.1 Å². The summed E-state index contributed by atoms with van der Waals surface area (Å²) in [5, 5.41) is 0. The van der Waals surface area contributed by atoms with E-state index in [4.69, 9.17) is 9.47 Å². The van der Waals surface area contributed by atoms with E-state index in [1.165, 1.54) is 0 Å². The van der Waals surface area contributed by atoms with Crippen molar-refractivity contribution in [2.75, 3.05) is 6.79 Å². The van der Waals surface area contributed by atoms with Crippen molar-refractivity contribution in [1.82, 2.24) is 0 Å². The summed E-state index contributed by atoms with van der Waals surface area (Å²) in [5.74, 6) is 1.60. The minimum atomic E-state index is 0.106. The number of aliphatic imine (C=N–C) groups is 1. The molecule has 3 nitrogen and oxygen atoms in total. The Balaban J connectivity index is 2.35. The molecule has 0 radical (unpaired) electrons. The van der Waals surface area contributed by atoms with Gasteiger partial charge in [0.2, 0.25) is 6.79 Å². The fourth-order valence-corrected chi connectivity index (χ4v) is 1.28. The molecular formula is C10H11NO2. The highest BCUT2D eigenvalue weighted by Crippen LogP contribution is 2.34. The molecule has 0 aromatic heterocycles. The minimum Gasteiger partial charge on any atom is -0.454 e. The van der Waals surface area contributed by atoms with Gasteiger partial charge in [-0.1, -0.05) is 6.07 Å². The van der Waals surface area contributed by atoms with Gasteiger partial charge in [-0.2, -0.15) is 0 Å². The van der Waals surface area contributed by atoms with Gasteiger partial charge in [0, 0.05) is 0 Å². The van der Waals surface area contributed by atoms with Crippen molar-refractivity contribution in [2.45, 2.75) is 13.0 Å². The summed E-state index contributed by atoms with van der Waals surface area (Å²) >= 11 is 0. The molecule has 2 rings (SSSR count). The van der Waals surface area contributed by atoms with E-state index in [9.17, 15) is 0 Å². The molecule has 1 heterocycles. The molecule has 3 heteroatoms. The van der Waals surface area contributed by atoms with Crippen LogP contribution in [-0.2, 0) is 0 Å².